The average molecular weight is 164 g/mol. The fourth-order valence-corrected chi connectivity index (χ4v) is 1.01. The molecule has 6 heteroatoms. The lowest BCUT2D eigenvalue weighted by Gasteiger charge is -2.21. The summed E-state index contributed by atoms with van der Waals surface area (Å²) in [4.78, 5) is 3.15. The molecule has 4 N–H and O–H groups in total. The summed E-state index contributed by atoms with van der Waals surface area (Å²) < 4.78 is 5.21. The van der Waals surface area contributed by atoms with Gasteiger partial charge >= 0.3 is 0 Å². The predicted molar refractivity (Wildman–Crippen MR) is 40.2 cm³/mol. The van der Waals surface area contributed by atoms with Crippen molar-refractivity contribution in [3.63, 3.8) is 0 Å². The largest absolute Gasteiger partial charge is 0.318 e. The van der Waals surface area contributed by atoms with Crippen LogP contribution >= 0.6 is 8.45 Å². The van der Waals surface area contributed by atoms with Crippen LogP contribution < -0.4 is 11.0 Å². The first-order valence-corrected chi connectivity index (χ1v) is 4.03. The van der Waals surface area contributed by atoms with Crippen LogP contribution in [0.25, 0.3) is 0 Å². The average Bonchev–Trinajstić information content (AvgIpc) is 1.81. The van der Waals surface area contributed by atoms with E-state index in [1.807, 2.05) is 20.8 Å². The van der Waals surface area contributed by atoms with E-state index in [1.54, 1.807) is 0 Å². The maximum Gasteiger partial charge on any atom is 0.269 e. The summed E-state index contributed by atoms with van der Waals surface area (Å²) >= 11 is 0. The summed E-state index contributed by atoms with van der Waals surface area (Å²) in [5.41, 5.74) is 6.32. The number of hydrogen-bond acceptors (Lipinski definition) is 5. The van der Waals surface area contributed by atoms with E-state index >= 15 is 0 Å². The molecule has 0 aromatic heterocycles. The Morgan fingerprint density at radius 3 is 2.20 bits per heavy atom. The van der Waals surface area contributed by atoms with Gasteiger partial charge in [0.2, 0.25) is 0 Å². The van der Waals surface area contributed by atoms with Crippen LogP contribution in [0.4, 0.5) is 0 Å². The van der Waals surface area contributed by atoms with E-state index in [4.69, 9.17) is 15.9 Å². The minimum Gasteiger partial charge on any atom is -0.318 e. The first-order chi connectivity index (χ1) is 4.49. The molecule has 10 heavy (non-hydrogen) atoms. The monoisotopic (exact) mass is 164 g/mol. The molecule has 1 unspecified atom stereocenters. The second-order valence-corrected chi connectivity index (χ2v) is 3.89. The summed E-state index contributed by atoms with van der Waals surface area (Å²) in [6.45, 7) is 5.64. The Bertz CT molecular complexity index is 112. The van der Waals surface area contributed by atoms with Crippen molar-refractivity contribution in [2.75, 3.05) is 0 Å². The zero-order valence-corrected chi connectivity index (χ0v) is 7.27. The highest BCUT2D eigenvalue weighted by Crippen LogP contribution is 2.36. The normalized spacial score (nSPS) is 14.8. The summed E-state index contributed by atoms with van der Waals surface area (Å²) in [5.74, 6) is 5.03. The van der Waals surface area contributed by atoms with Gasteiger partial charge in [-0.15, -0.1) is 4.88 Å². The van der Waals surface area contributed by atoms with Gasteiger partial charge in [0.05, 0.1) is 5.60 Å². The molecule has 0 radical (unpaired) electrons. The molecular weight excluding hydrogens is 151 g/mol. The van der Waals surface area contributed by atoms with E-state index in [2.05, 4.69) is 10.1 Å². The van der Waals surface area contributed by atoms with Crippen molar-refractivity contribution < 1.29 is 4.52 Å². The van der Waals surface area contributed by atoms with Gasteiger partial charge in [-0.3, -0.25) is 5.84 Å². The van der Waals surface area contributed by atoms with Crippen LogP contribution in [0.3, 0.4) is 0 Å². The smallest absolute Gasteiger partial charge is 0.269 e. The van der Waals surface area contributed by atoms with Crippen molar-refractivity contribution in [1.82, 2.24) is 5.20 Å². The molecule has 1 atom stereocenters. The predicted octanol–water partition coefficient (Wildman–Crippen LogP) is 1.52. The van der Waals surface area contributed by atoms with Gasteiger partial charge in [0, 0.05) is 0 Å². The van der Waals surface area contributed by atoms with Gasteiger partial charge in [0.1, 0.15) is 0 Å². The van der Waals surface area contributed by atoms with Gasteiger partial charge in [0.15, 0.2) is 0 Å². The lowest BCUT2D eigenvalue weighted by atomic mass is 10.2. The Balaban J connectivity index is 3.74. The van der Waals surface area contributed by atoms with Crippen LogP contribution in [-0.2, 0) is 4.52 Å². The van der Waals surface area contributed by atoms with Crippen LogP contribution in [-0.4, -0.2) is 5.60 Å². The molecule has 0 aliphatic carbocycles. The topological polar surface area (TPSA) is 83.5 Å². The van der Waals surface area contributed by atoms with Crippen LogP contribution in [0, 0.1) is 5.53 Å². The van der Waals surface area contributed by atoms with Crippen molar-refractivity contribution in [1.29, 1.82) is 5.53 Å². The summed E-state index contributed by atoms with van der Waals surface area (Å²) in [6, 6.07) is 0. The third kappa shape index (κ3) is 4.76. The van der Waals surface area contributed by atoms with Gasteiger partial charge in [0.25, 0.3) is 8.45 Å². The number of hydrazine groups is 1. The molecule has 0 fully saturated rings. The highest BCUT2D eigenvalue weighted by Gasteiger charge is 2.17. The number of nitrogens with two attached hydrogens (primary N) is 1. The fraction of sp³-hybridized carbons (Fsp3) is 1.00. The zero-order valence-electron chi connectivity index (χ0n) is 6.38. The minimum atomic E-state index is -1.32. The second-order valence-electron chi connectivity index (χ2n) is 2.71. The lowest BCUT2D eigenvalue weighted by Crippen LogP contribution is -2.23. The van der Waals surface area contributed by atoms with Crippen LogP contribution in [0.15, 0.2) is 4.88 Å². The number of rotatable bonds is 3. The fourth-order valence-electron chi connectivity index (χ4n) is 0.335. The van der Waals surface area contributed by atoms with E-state index in [0.717, 1.165) is 0 Å². The molecule has 0 bridgehead atoms. The van der Waals surface area contributed by atoms with E-state index in [0.29, 0.717) is 0 Å². The molecule has 0 aliphatic rings. The molecule has 0 saturated carbocycles. The van der Waals surface area contributed by atoms with Crippen LogP contribution in [0.5, 0.6) is 0 Å². The molecule has 0 aliphatic heterocycles. The van der Waals surface area contributed by atoms with E-state index < -0.39 is 8.45 Å². The molecule has 60 valence electrons. The number of nitrogens with zero attached hydrogens (tertiary/aromatic N) is 1. The van der Waals surface area contributed by atoms with Crippen molar-refractivity contribution in [3.8, 4) is 0 Å². The van der Waals surface area contributed by atoms with Crippen LogP contribution in [0.1, 0.15) is 20.8 Å². The molecule has 5 nitrogen and oxygen atoms in total. The SMILES string of the molecule is CC(C)(C)OP(N=N)NN. The van der Waals surface area contributed by atoms with E-state index in [9.17, 15) is 0 Å². The zero-order chi connectivity index (χ0) is 8.20. The first kappa shape index (κ1) is 9.91. The summed E-state index contributed by atoms with van der Waals surface area (Å²) in [7, 11) is -1.32. The molecule has 0 heterocycles. The maximum atomic E-state index is 6.63. The van der Waals surface area contributed by atoms with Gasteiger partial charge < -0.3 is 4.52 Å². The summed E-state index contributed by atoms with van der Waals surface area (Å²) in [6.07, 6.45) is 0. The molecule has 0 spiro atoms. The first-order valence-electron chi connectivity index (χ1n) is 2.82. The standard InChI is InChI=1S/C4H13N4OP/c1-4(2,3)9-10(7-5)8-6/h5,8H,6H2,1-3H3. The van der Waals surface area contributed by atoms with E-state index in [1.165, 1.54) is 0 Å². The minimum absolute atomic E-state index is 0.303. The van der Waals surface area contributed by atoms with Crippen molar-refractivity contribution in [3.05, 3.63) is 0 Å². The highest BCUT2D eigenvalue weighted by molar-refractivity contribution is 7.48. The summed E-state index contributed by atoms with van der Waals surface area (Å²) in [5, 5.41) is 2.30. The third-order valence-corrected chi connectivity index (χ3v) is 1.68. The van der Waals surface area contributed by atoms with Crippen molar-refractivity contribution in [2.24, 2.45) is 10.7 Å². The Morgan fingerprint density at radius 2 is 2.10 bits per heavy atom. The maximum absolute atomic E-state index is 6.63. The van der Waals surface area contributed by atoms with Gasteiger partial charge in [-0.05, 0) is 20.8 Å². The lowest BCUT2D eigenvalue weighted by molar-refractivity contribution is 0.147. The molecule has 0 rings (SSSR count). The Kier molecular flexibility index (Phi) is 3.89. The number of hydrogen-bond donors (Lipinski definition) is 3. The van der Waals surface area contributed by atoms with Crippen molar-refractivity contribution >= 4 is 8.45 Å². The van der Waals surface area contributed by atoms with Crippen LogP contribution in [0.2, 0.25) is 0 Å². The van der Waals surface area contributed by atoms with E-state index in [-0.39, 0.29) is 5.60 Å². The third-order valence-electron chi connectivity index (χ3n) is 0.562. The van der Waals surface area contributed by atoms with Crippen molar-refractivity contribution in [2.45, 2.75) is 26.4 Å². The second kappa shape index (κ2) is 3.93. The van der Waals surface area contributed by atoms with Gasteiger partial charge in [-0.25, -0.2) is 5.53 Å². The van der Waals surface area contributed by atoms with Gasteiger partial charge in [-0.1, -0.05) is 0 Å². The Hall–Kier alpha value is -0.0900. The molecule has 0 aromatic rings. The highest BCUT2D eigenvalue weighted by atomic mass is 31.2. The molecule has 0 aromatic carbocycles. The van der Waals surface area contributed by atoms with Gasteiger partial charge in [-0.2, -0.15) is 5.20 Å². The molecule has 0 amide bonds. The quantitative estimate of drug-likeness (QED) is 0.256. The molecular formula is C4H13N4OP. The Labute approximate surface area is 61.7 Å². The number of nitrogens with one attached hydrogen (secondary N) is 2. The Morgan fingerprint density at radius 1 is 1.60 bits per heavy atom. The molecule has 0 saturated heterocycles.